The number of hydrogen-bond donors (Lipinski definition) is 1. The van der Waals surface area contributed by atoms with E-state index in [1.807, 2.05) is 82.9 Å². The van der Waals surface area contributed by atoms with E-state index < -0.39 is 17.3 Å². The first-order chi connectivity index (χ1) is 20.1. The van der Waals surface area contributed by atoms with Crippen molar-refractivity contribution in [2.75, 3.05) is 25.1 Å². The number of β-amino-alcohol motifs (C(OH)–C–C–N with tert-alkyl or cyclic N) is 1. The van der Waals surface area contributed by atoms with Crippen molar-refractivity contribution in [2.45, 2.75) is 89.9 Å². The lowest BCUT2D eigenvalue weighted by atomic mass is 9.92. The number of carbonyl (C=O) groups excluding carboxylic acids is 2. The molecule has 0 spiro atoms. The van der Waals surface area contributed by atoms with Crippen molar-refractivity contribution in [1.82, 2.24) is 9.80 Å². The second-order valence-corrected chi connectivity index (χ2v) is 13.3. The summed E-state index contributed by atoms with van der Waals surface area (Å²) in [6, 6.07) is 14.9. The highest BCUT2D eigenvalue weighted by atomic mass is 127. The van der Waals surface area contributed by atoms with Gasteiger partial charge in [-0.2, -0.15) is 0 Å². The number of aliphatic hydroxyl groups excluding tert-OH is 1. The van der Waals surface area contributed by atoms with E-state index in [4.69, 9.17) is 37.4 Å². The number of benzene rings is 2. The summed E-state index contributed by atoms with van der Waals surface area (Å²) in [6.45, 7) is 12.0. The summed E-state index contributed by atoms with van der Waals surface area (Å²) in [5.41, 5.74) is 1.15. The fourth-order valence-electron chi connectivity index (χ4n) is 4.55. The number of methoxy groups -OCH3 is 1. The van der Waals surface area contributed by atoms with Gasteiger partial charge in [0.1, 0.15) is 11.2 Å². The summed E-state index contributed by atoms with van der Waals surface area (Å²) in [7, 11) is 1.67. The molecule has 8 nitrogen and oxygen atoms in total. The monoisotopic (exact) mass is 750 g/mol. The molecule has 2 saturated heterocycles. The lowest BCUT2D eigenvalue weighted by Crippen LogP contribution is -2.64. The van der Waals surface area contributed by atoms with E-state index in [1.165, 1.54) is 0 Å². The van der Waals surface area contributed by atoms with Crippen molar-refractivity contribution >= 4 is 58.0 Å². The zero-order valence-corrected chi connectivity index (χ0v) is 29.9. The largest absolute Gasteiger partial charge is 0.444 e. The maximum absolute atomic E-state index is 12.2. The fourth-order valence-corrected chi connectivity index (χ4v) is 4.80. The third-order valence-electron chi connectivity index (χ3n) is 6.71. The molecule has 4 rings (SSSR count). The van der Waals surface area contributed by atoms with Crippen LogP contribution in [0, 0.1) is 0 Å². The highest BCUT2D eigenvalue weighted by Gasteiger charge is 2.44. The van der Waals surface area contributed by atoms with Crippen LogP contribution < -0.4 is 0 Å². The smallest absolute Gasteiger partial charge is 0.410 e. The van der Waals surface area contributed by atoms with Crippen LogP contribution in [0.1, 0.15) is 52.7 Å². The predicted molar refractivity (Wildman–Crippen MR) is 181 cm³/mol. The minimum absolute atomic E-state index is 0.00558. The molecule has 2 heterocycles. The Bertz CT molecular complexity index is 1170. The van der Waals surface area contributed by atoms with E-state index in [2.05, 4.69) is 22.6 Å². The van der Waals surface area contributed by atoms with Crippen molar-refractivity contribution in [3.63, 3.8) is 0 Å². The van der Waals surface area contributed by atoms with Crippen LogP contribution in [0.5, 0.6) is 0 Å². The molecule has 11 heteroatoms. The van der Waals surface area contributed by atoms with Gasteiger partial charge in [0.25, 0.3) is 0 Å². The van der Waals surface area contributed by atoms with Crippen LogP contribution in [-0.2, 0) is 27.1 Å². The van der Waals surface area contributed by atoms with Crippen LogP contribution in [0.15, 0.2) is 48.5 Å². The lowest BCUT2D eigenvalue weighted by Gasteiger charge is -2.47. The number of hydrogen-bond acceptors (Lipinski definition) is 6. The first kappa shape index (κ1) is 37.4. The van der Waals surface area contributed by atoms with Crippen molar-refractivity contribution in [2.24, 2.45) is 0 Å². The number of alkyl halides is 1. The molecule has 2 amide bonds. The van der Waals surface area contributed by atoms with Gasteiger partial charge in [-0.15, -0.1) is 0 Å². The minimum Gasteiger partial charge on any atom is -0.444 e. The first-order valence-corrected chi connectivity index (χ1v) is 17.0. The Morgan fingerprint density at radius 3 is 1.49 bits per heavy atom. The molecular formula is C32H45Cl2IN2O6. The van der Waals surface area contributed by atoms with Gasteiger partial charge in [0.05, 0.1) is 37.4 Å². The average Bonchev–Trinajstić information content (AvgIpc) is 2.90. The summed E-state index contributed by atoms with van der Waals surface area (Å²) in [5.74, 6) is 0. The zero-order chi connectivity index (χ0) is 32.5. The third-order valence-corrected chi connectivity index (χ3v) is 7.21. The Morgan fingerprint density at radius 2 is 1.14 bits per heavy atom. The standard InChI is InChI=1S/C16H22ClNO3.C15H20ClNO3.CH3I/c1-16(2,3)21-15(19)18-10-14(20-4)13(18)9-11-5-7-12(17)8-6-11;1-15(2,3)20-14(19)17-9-13(18)12(17)8-10-4-6-11(16)7-5-10;1-2/h5-8,13-14H,9-10H2,1-4H3;4-7,12-13,18H,8-9H2,1-3H3;1H3. The molecule has 2 fully saturated rings. The molecule has 0 aliphatic carbocycles. The molecule has 2 aliphatic heterocycles. The van der Waals surface area contributed by atoms with Gasteiger partial charge in [-0.25, -0.2) is 9.59 Å². The predicted octanol–water partition coefficient (Wildman–Crippen LogP) is 7.43. The molecule has 2 aliphatic rings. The summed E-state index contributed by atoms with van der Waals surface area (Å²) < 4.78 is 16.2. The quantitative estimate of drug-likeness (QED) is 0.253. The number of likely N-dealkylation sites (tertiary alicyclic amines) is 2. The highest BCUT2D eigenvalue weighted by Crippen LogP contribution is 2.28. The summed E-state index contributed by atoms with van der Waals surface area (Å²) in [5, 5.41) is 11.2. The van der Waals surface area contributed by atoms with Crippen molar-refractivity contribution in [1.29, 1.82) is 0 Å². The normalized spacial score (nSPS) is 21.2. The Labute approximate surface area is 280 Å². The van der Waals surface area contributed by atoms with E-state index >= 15 is 0 Å². The Balaban J connectivity index is 0.000000284. The lowest BCUT2D eigenvalue weighted by molar-refractivity contribution is -0.0871. The second kappa shape index (κ2) is 16.5. The molecule has 1 N–H and O–H groups in total. The number of ether oxygens (including phenoxy) is 3. The summed E-state index contributed by atoms with van der Waals surface area (Å²) in [4.78, 5) is 29.5. The molecule has 0 aromatic heterocycles. The molecule has 4 atom stereocenters. The van der Waals surface area contributed by atoms with Gasteiger partial charge in [0.2, 0.25) is 0 Å². The fraction of sp³-hybridized carbons (Fsp3) is 0.562. The number of halogens is 3. The van der Waals surface area contributed by atoms with E-state index in [0.29, 0.717) is 29.6 Å². The number of amides is 2. The summed E-state index contributed by atoms with van der Waals surface area (Å²) in [6.07, 6.45) is 0.217. The van der Waals surface area contributed by atoms with Crippen LogP contribution in [0.2, 0.25) is 10.0 Å². The number of rotatable bonds is 5. The van der Waals surface area contributed by atoms with Gasteiger partial charge in [-0.1, -0.05) is 70.1 Å². The molecule has 240 valence electrons. The van der Waals surface area contributed by atoms with E-state index in [0.717, 1.165) is 17.5 Å². The Morgan fingerprint density at radius 1 is 0.767 bits per heavy atom. The minimum atomic E-state index is -0.525. The van der Waals surface area contributed by atoms with Gasteiger partial charge < -0.3 is 19.3 Å². The van der Waals surface area contributed by atoms with Crippen molar-refractivity contribution < 1.29 is 28.9 Å². The van der Waals surface area contributed by atoms with E-state index in [1.54, 1.807) is 29.0 Å². The Hall–Kier alpha value is -1.79. The molecular weight excluding hydrogens is 706 g/mol. The first-order valence-electron chi connectivity index (χ1n) is 14.1. The van der Waals surface area contributed by atoms with Gasteiger partial charge in [0.15, 0.2) is 0 Å². The number of carbonyl (C=O) groups is 2. The second-order valence-electron chi connectivity index (χ2n) is 12.4. The maximum Gasteiger partial charge on any atom is 0.410 e. The van der Waals surface area contributed by atoms with Gasteiger partial charge in [-0.3, -0.25) is 9.80 Å². The van der Waals surface area contributed by atoms with E-state index in [-0.39, 0.29) is 30.4 Å². The average molecular weight is 752 g/mol. The van der Waals surface area contributed by atoms with Crippen LogP contribution in [0.25, 0.3) is 0 Å². The Kier molecular flexibility index (Phi) is 14.4. The van der Waals surface area contributed by atoms with Crippen LogP contribution >= 0.6 is 45.8 Å². The summed E-state index contributed by atoms with van der Waals surface area (Å²) >= 11 is 13.9. The van der Waals surface area contributed by atoms with Crippen LogP contribution in [-0.4, -0.2) is 87.7 Å². The van der Waals surface area contributed by atoms with Gasteiger partial charge in [0, 0.05) is 17.2 Å². The number of aliphatic hydroxyl groups is 1. The molecule has 0 saturated carbocycles. The zero-order valence-electron chi connectivity index (χ0n) is 26.3. The third kappa shape index (κ3) is 11.9. The maximum atomic E-state index is 12.2. The van der Waals surface area contributed by atoms with Crippen LogP contribution in [0.4, 0.5) is 9.59 Å². The van der Waals surface area contributed by atoms with Gasteiger partial charge in [-0.05, 0) is 94.7 Å². The van der Waals surface area contributed by atoms with Crippen molar-refractivity contribution in [3.8, 4) is 0 Å². The molecule has 4 unspecified atom stereocenters. The molecule has 2 aromatic carbocycles. The van der Waals surface area contributed by atoms with Gasteiger partial charge >= 0.3 is 12.2 Å². The number of nitrogens with zero attached hydrogens (tertiary/aromatic N) is 2. The van der Waals surface area contributed by atoms with Crippen molar-refractivity contribution in [3.05, 3.63) is 69.7 Å². The molecule has 2 aromatic rings. The van der Waals surface area contributed by atoms with E-state index in [9.17, 15) is 14.7 Å². The van der Waals surface area contributed by atoms with Crippen LogP contribution in [0.3, 0.4) is 0 Å². The topological polar surface area (TPSA) is 88.5 Å². The molecule has 43 heavy (non-hydrogen) atoms. The molecule has 0 bridgehead atoms. The molecule has 0 radical (unpaired) electrons. The highest BCUT2D eigenvalue weighted by molar-refractivity contribution is 14.1. The SMILES string of the molecule is CC(C)(C)OC(=O)N1CC(O)C1Cc1ccc(Cl)cc1.CI.COC1CN(C(=O)OC(C)(C)C)C1Cc1ccc(Cl)cc1.